The number of imidazole rings is 1. The van der Waals surface area contributed by atoms with Gasteiger partial charge >= 0.3 is 0 Å². The Morgan fingerprint density at radius 1 is 0.600 bits per heavy atom. The number of nitrogens with zero attached hydrogens (tertiary/aromatic N) is 4. The van der Waals surface area contributed by atoms with Crippen LogP contribution < -0.4 is 5.32 Å². The summed E-state index contributed by atoms with van der Waals surface area (Å²) in [6.45, 7) is 0. The molecule has 11 rings (SSSR count). The van der Waals surface area contributed by atoms with Crippen molar-refractivity contribution in [3.05, 3.63) is 210 Å². The molecule has 0 radical (unpaired) electrons. The van der Waals surface area contributed by atoms with Gasteiger partial charge in [-0.2, -0.15) is 0 Å². The third kappa shape index (κ3) is 5.35. The second kappa shape index (κ2) is 12.8. The van der Waals surface area contributed by atoms with Crippen molar-refractivity contribution in [1.82, 2.24) is 19.7 Å². The predicted octanol–water partition coefficient (Wildman–Crippen LogP) is 11.6. The average Bonchev–Trinajstić information content (AvgIpc) is 3.64. The number of hydrogen-bond donors (Lipinski definition) is 1. The molecule has 4 heterocycles. The first-order valence-electron chi connectivity index (χ1n) is 18.9. The maximum absolute atomic E-state index is 5.42. The highest BCUT2D eigenvalue weighted by Crippen LogP contribution is 2.37. The minimum atomic E-state index is -0.265. The largest absolute Gasteiger partial charge is 0.359 e. The number of nitrogens with one attached hydrogen (secondary N) is 1. The first-order valence-corrected chi connectivity index (χ1v) is 18.9. The molecular formula is C50H35N5. The summed E-state index contributed by atoms with van der Waals surface area (Å²) in [6, 6.07) is 53.7. The summed E-state index contributed by atoms with van der Waals surface area (Å²) in [5.74, 6) is 0.229. The van der Waals surface area contributed by atoms with E-state index >= 15 is 0 Å². The molecule has 5 nitrogen and oxygen atoms in total. The van der Waals surface area contributed by atoms with Gasteiger partial charge in [-0.25, -0.2) is 9.97 Å². The Kier molecular flexibility index (Phi) is 7.30. The zero-order valence-corrected chi connectivity index (χ0v) is 30.0. The van der Waals surface area contributed by atoms with E-state index in [9.17, 15) is 0 Å². The summed E-state index contributed by atoms with van der Waals surface area (Å²) in [5.41, 5.74) is 11.6. The van der Waals surface area contributed by atoms with E-state index in [4.69, 9.17) is 15.0 Å². The number of rotatable bonds is 5. The van der Waals surface area contributed by atoms with E-state index in [1.165, 1.54) is 32.7 Å². The Hall–Kier alpha value is -7.11. The van der Waals surface area contributed by atoms with Crippen molar-refractivity contribution in [3.63, 3.8) is 0 Å². The fraction of sp³-hybridized carbons (Fsp3) is 0.0600. The Bertz CT molecular complexity index is 3110. The normalized spacial score (nSPS) is 17.1. The first-order chi connectivity index (χ1) is 27.2. The molecule has 2 unspecified atom stereocenters. The first kappa shape index (κ1) is 31.4. The summed E-state index contributed by atoms with van der Waals surface area (Å²) in [6.07, 6.45) is 11.8. The number of fused-ring (bicyclic) bond motifs is 7. The van der Waals surface area contributed by atoms with Gasteiger partial charge in [0.15, 0.2) is 5.65 Å². The zero-order valence-electron chi connectivity index (χ0n) is 30.0. The van der Waals surface area contributed by atoms with Crippen LogP contribution in [0.5, 0.6) is 0 Å². The molecule has 9 aromatic rings. The van der Waals surface area contributed by atoms with Crippen molar-refractivity contribution < 1.29 is 0 Å². The minimum absolute atomic E-state index is 0.229. The van der Waals surface area contributed by atoms with E-state index in [1.54, 1.807) is 0 Å². The molecule has 0 saturated carbocycles. The molecule has 0 bridgehead atoms. The van der Waals surface area contributed by atoms with Gasteiger partial charge in [-0.3, -0.25) is 9.39 Å². The molecule has 2 atom stereocenters. The molecule has 5 heteroatoms. The Balaban J connectivity index is 0.958. The lowest BCUT2D eigenvalue weighted by molar-refractivity contribution is 0.662. The highest BCUT2D eigenvalue weighted by molar-refractivity contribution is 6.20. The van der Waals surface area contributed by atoms with Gasteiger partial charge in [-0.1, -0.05) is 158 Å². The third-order valence-corrected chi connectivity index (χ3v) is 11.2. The monoisotopic (exact) mass is 705 g/mol. The van der Waals surface area contributed by atoms with Crippen LogP contribution in [-0.4, -0.2) is 20.1 Å². The van der Waals surface area contributed by atoms with Crippen LogP contribution in [0.1, 0.15) is 46.5 Å². The SMILES string of the molecule is C1=CC(c2cccc(C3N=C(c4cccc5ccccc45)C=C(c4cccc5ccccc45)N3)c2)CC=C1c1nc2c(nc3ccccn32)c2ccccc12. The molecule has 1 aliphatic carbocycles. The van der Waals surface area contributed by atoms with Crippen LogP contribution in [0.25, 0.3) is 60.4 Å². The zero-order chi connectivity index (χ0) is 36.3. The van der Waals surface area contributed by atoms with Gasteiger partial charge < -0.3 is 5.32 Å². The summed E-state index contributed by atoms with van der Waals surface area (Å²) in [7, 11) is 0. The maximum Gasteiger partial charge on any atom is 0.165 e. The molecule has 2 aliphatic rings. The van der Waals surface area contributed by atoms with Gasteiger partial charge in [0, 0.05) is 39.7 Å². The fourth-order valence-electron chi connectivity index (χ4n) is 8.46. The lowest BCUT2D eigenvalue weighted by Crippen LogP contribution is -2.25. The van der Waals surface area contributed by atoms with E-state index in [0.29, 0.717) is 0 Å². The number of hydrogen-bond acceptors (Lipinski definition) is 4. The third-order valence-electron chi connectivity index (χ3n) is 11.2. The van der Waals surface area contributed by atoms with E-state index in [0.717, 1.165) is 67.8 Å². The molecule has 1 N–H and O–H groups in total. The molecule has 0 spiro atoms. The van der Waals surface area contributed by atoms with E-state index in [1.807, 2.05) is 24.4 Å². The van der Waals surface area contributed by atoms with Crippen LogP contribution in [0.2, 0.25) is 0 Å². The molecule has 0 amide bonds. The fourth-order valence-corrected chi connectivity index (χ4v) is 8.46. The highest BCUT2D eigenvalue weighted by Gasteiger charge is 2.23. The summed E-state index contributed by atoms with van der Waals surface area (Å²) in [4.78, 5) is 15.6. The van der Waals surface area contributed by atoms with Crippen LogP contribution in [0.4, 0.5) is 0 Å². The van der Waals surface area contributed by atoms with Crippen LogP contribution in [0.3, 0.4) is 0 Å². The molecule has 6 aromatic carbocycles. The Labute approximate surface area is 318 Å². The predicted molar refractivity (Wildman–Crippen MR) is 227 cm³/mol. The van der Waals surface area contributed by atoms with Gasteiger partial charge in [0.25, 0.3) is 0 Å². The summed E-state index contributed by atoms with van der Waals surface area (Å²) < 4.78 is 2.08. The number of allylic oxidation sites excluding steroid dienone is 5. The number of benzene rings is 6. The standard InChI is InChI=1S/C50H35N5/c1-3-18-38-33(12-1)14-10-22-40(38)44-31-45(41-23-11-15-34-13-2-4-19-39(34)41)52-49(51-44)37-17-9-16-36(30-37)32-25-27-35(28-26-32)47-42-20-5-6-21-43(42)48-50(54-47)55-29-8-7-24-46(55)53-48/h1-25,27-32,49,51H,26H2. The summed E-state index contributed by atoms with van der Waals surface area (Å²) in [5, 5.41) is 10.9. The van der Waals surface area contributed by atoms with E-state index in [-0.39, 0.29) is 12.1 Å². The van der Waals surface area contributed by atoms with Crippen LogP contribution >= 0.6 is 0 Å². The number of pyridine rings is 2. The second-order valence-electron chi connectivity index (χ2n) is 14.4. The van der Waals surface area contributed by atoms with Crippen LogP contribution in [-0.2, 0) is 0 Å². The lowest BCUT2D eigenvalue weighted by Gasteiger charge is -2.27. The maximum atomic E-state index is 5.42. The van der Waals surface area contributed by atoms with Crippen LogP contribution in [0, 0.1) is 0 Å². The molecule has 3 aromatic heterocycles. The Morgan fingerprint density at radius 3 is 2.07 bits per heavy atom. The highest BCUT2D eigenvalue weighted by atomic mass is 15.1. The summed E-state index contributed by atoms with van der Waals surface area (Å²) >= 11 is 0. The van der Waals surface area contributed by atoms with Gasteiger partial charge in [0.05, 0.1) is 11.4 Å². The molecule has 1 aliphatic heterocycles. The van der Waals surface area contributed by atoms with E-state index in [2.05, 4.69) is 167 Å². The van der Waals surface area contributed by atoms with Gasteiger partial charge in [-0.15, -0.1) is 0 Å². The molecular weight excluding hydrogens is 671 g/mol. The lowest BCUT2D eigenvalue weighted by atomic mass is 9.87. The van der Waals surface area contributed by atoms with Gasteiger partial charge in [0.2, 0.25) is 0 Å². The quantitative estimate of drug-likeness (QED) is 0.194. The molecule has 0 saturated heterocycles. The molecule has 260 valence electrons. The topological polar surface area (TPSA) is 54.6 Å². The number of aromatic nitrogens is 3. The molecule has 0 fully saturated rings. The van der Waals surface area contributed by atoms with Crippen molar-refractivity contribution in [3.8, 4) is 0 Å². The van der Waals surface area contributed by atoms with Crippen molar-refractivity contribution in [2.24, 2.45) is 4.99 Å². The van der Waals surface area contributed by atoms with Gasteiger partial charge in [0.1, 0.15) is 17.3 Å². The van der Waals surface area contributed by atoms with E-state index < -0.39 is 0 Å². The molecule has 55 heavy (non-hydrogen) atoms. The van der Waals surface area contributed by atoms with Gasteiger partial charge in [-0.05, 0) is 62.9 Å². The van der Waals surface area contributed by atoms with Crippen LogP contribution in [0.15, 0.2) is 187 Å². The minimum Gasteiger partial charge on any atom is -0.359 e. The van der Waals surface area contributed by atoms with Crippen molar-refractivity contribution >= 4 is 66.1 Å². The van der Waals surface area contributed by atoms with Crippen molar-refractivity contribution in [2.45, 2.75) is 18.5 Å². The second-order valence-corrected chi connectivity index (χ2v) is 14.4. The van der Waals surface area contributed by atoms with Crippen molar-refractivity contribution in [1.29, 1.82) is 0 Å². The Morgan fingerprint density at radius 2 is 1.27 bits per heavy atom. The average molecular weight is 706 g/mol. The smallest absolute Gasteiger partial charge is 0.165 e. The number of aliphatic imine (C=N–C) groups is 1. The van der Waals surface area contributed by atoms with Crippen molar-refractivity contribution in [2.75, 3.05) is 0 Å².